The maximum atomic E-state index is 13.6. The minimum absolute atomic E-state index is 0.0828. The van der Waals surface area contributed by atoms with Crippen LogP contribution < -0.4 is 11.4 Å². The molecule has 0 N–H and O–H groups in total. The summed E-state index contributed by atoms with van der Waals surface area (Å²) in [4.78, 5) is 50.2. The predicted molar refractivity (Wildman–Crippen MR) is 114 cm³/mol. The van der Waals surface area contributed by atoms with Gasteiger partial charge in [0.2, 0.25) is 0 Å². The van der Waals surface area contributed by atoms with E-state index in [1.165, 1.54) is 18.4 Å². The predicted octanol–water partition coefficient (Wildman–Crippen LogP) is 1.29. The Balaban J connectivity index is 1.37. The van der Waals surface area contributed by atoms with E-state index in [9.17, 15) is 19.2 Å². The normalized spacial score (nSPS) is 39.2. The van der Waals surface area contributed by atoms with Crippen molar-refractivity contribution in [3.05, 3.63) is 51.3 Å². The fourth-order valence-electron chi connectivity index (χ4n) is 8.99. The molecule has 9 heteroatoms. The molecule has 0 amide bonds. The molecular formula is C24H25N3O6. The van der Waals surface area contributed by atoms with Crippen LogP contribution >= 0.6 is 0 Å². The third kappa shape index (κ3) is 1.94. The molecule has 1 aromatic heterocycles. The Hall–Kier alpha value is -3.10. The first-order chi connectivity index (χ1) is 15.9. The minimum Gasteiger partial charge on any atom is -0.466 e. The topological polar surface area (TPSA) is 102 Å². The lowest BCUT2D eigenvalue weighted by atomic mass is 9.68. The standard InChI is InChI=1S/C24H25N3O6/c1-12(28)32-10-8-23-18-15-16-17(15)20(24(18,23)9-11-33-13(2)29)27-22(31)25(14-6-4-3-5-7-14)21(30)26(27)19(16)23/h3-7,15-20H,8-11H2,1-2H3/t15?,16-,17+,18?,19+,20-,23+,24-. The van der Waals surface area contributed by atoms with Gasteiger partial charge in [0.25, 0.3) is 0 Å². The second-order valence-corrected chi connectivity index (χ2v) is 10.3. The van der Waals surface area contributed by atoms with E-state index in [1.54, 1.807) is 21.5 Å². The van der Waals surface area contributed by atoms with Crippen molar-refractivity contribution in [1.82, 2.24) is 13.9 Å². The summed E-state index contributed by atoms with van der Waals surface area (Å²) in [6.45, 7) is 3.40. The number of carbonyl (C=O) groups is 2. The zero-order valence-electron chi connectivity index (χ0n) is 18.5. The lowest BCUT2D eigenvalue weighted by Gasteiger charge is -2.48. The number of carbonyl (C=O) groups excluding carboxylic acids is 2. The van der Waals surface area contributed by atoms with Gasteiger partial charge in [-0.2, -0.15) is 0 Å². The van der Waals surface area contributed by atoms with Crippen molar-refractivity contribution < 1.29 is 19.1 Å². The maximum absolute atomic E-state index is 13.6. The van der Waals surface area contributed by atoms with E-state index in [0.717, 1.165) is 0 Å². The molecule has 9 nitrogen and oxygen atoms in total. The van der Waals surface area contributed by atoms with E-state index in [-0.39, 0.29) is 46.2 Å². The number of benzene rings is 1. The molecule has 0 spiro atoms. The molecule has 2 aliphatic heterocycles. The number of aromatic nitrogens is 3. The summed E-state index contributed by atoms with van der Waals surface area (Å²) in [7, 11) is 0. The summed E-state index contributed by atoms with van der Waals surface area (Å²) >= 11 is 0. The second kappa shape index (κ2) is 5.87. The zero-order chi connectivity index (χ0) is 22.9. The first-order valence-electron chi connectivity index (χ1n) is 11.7. The molecule has 172 valence electrons. The van der Waals surface area contributed by atoms with Gasteiger partial charge < -0.3 is 9.47 Å². The van der Waals surface area contributed by atoms with E-state index < -0.39 is 0 Å². The smallest absolute Gasteiger partial charge is 0.352 e. The van der Waals surface area contributed by atoms with Gasteiger partial charge in [0.1, 0.15) is 0 Å². The lowest BCUT2D eigenvalue weighted by Crippen LogP contribution is -2.53. The first-order valence-corrected chi connectivity index (χ1v) is 11.7. The highest BCUT2D eigenvalue weighted by atomic mass is 16.5. The fourth-order valence-corrected chi connectivity index (χ4v) is 8.99. The van der Waals surface area contributed by atoms with Crippen molar-refractivity contribution in [3.8, 4) is 5.69 Å². The molecular weight excluding hydrogens is 426 g/mol. The maximum Gasteiger partial charge on any atom is 0.352 e. The molecule has 8 rings (SSSR count). The summed E-state index contributed by atoms with van der Waals surface area (Å²) in [5, 5.41) is 0. The highest BCUT2D eigenvalue weighted by Gasteiger charge is 3.02. The Labute approximate surface area is 188 Å². The lowest BCUT2D eigenvalue weighted by molar-refractivity contribution is -0.144. The van der Waals surface area contributed by atoms with Crippen molar-refractivity contribution in [2.45, 2.75) is 38.8 Å². The average Bonchev–Trinajstić information content (AvgIpc) is 3.51. The van der Waals surface area contributed by atoms with Gasteiger partial charge in [-0.05, 0) is 48.6 Å². The summed E-state index contributed by atoms with van der Waals surface area (Å²) in [6, 6.07) is 8.87. The third-order valence-corrected chi connectivity index (χ3v) is 9.45. The number of esters is 2. The molecule has 2 bridgehead atoms. The van der Waals surface area contributed by atoms with Gasteiger partial charge in [0, 0.05) is 24.7 Å². The highest BCUT2D eigenvalue weighted by molar-refractivity contribution is 5.66. The minimum atomic E-state index is -0.318. The number of nitrogens with zero attached hydrogens (tertiary/aromatic N) is 3. The van der Waals surface area contributed by atoms with Crippen LogP contribution in [0.15, 0.2) is 39.9 Å². The van der Waals surface area contributed by atoms with Crippen molar-refractivity contribution >= 4 is 11.9 Å². The van der Waals surface area contributed by atoms with Gasteiger partial charge in [0.05, 0.1) is 31.0 Å². The molecule has 4 aliphatic carbocycles. The molecule has 2 aromatic rings. The Morgan fingerprint density at radius 2 is 1.30 bits per heavy atom. The number of ether oxygens (including phenoxy) is 2. The number of hydrogen-bond donors (Lipinski definition) is 0. The van der Waals surface area contributed by atoms with Crippen LogP contribution in [0.5, 0.6) is 0 Å². The van der Waals surface area contributed by atoms with Crippen LogP contribution in [0.3, 0.4) is 0 Å². The molecule has 0 saturated heterocycles. The van der Waals surface area contributed by atoms with Crippen LogP contribution in [0.1, 0.15) is 38.8 Å². The quantitative estimate of drug-likeness (QED) is 0.588. The summed E-state index contributed by atoms with van der Waals surface area (Å²) in [5.74, 6) is 1.03. The van der Waals surface area contributed by atoms with Crippen LogP contribution in [0, 0.1) is 34.5 Å². The molecule has 3 heterocycles. The molecule has 4 saturated carbocycles. The number of rotatable bonds is 7. The molecule has 0 radical (unpaired) electrons. The fraction of sp³-hybridized carbons (Fsp3) is 0.583. The van der Waals surface area contributed by atoms with Gasteiger partial charge in [-0.25, -0.2) is 23.5 Å². The highest BCUT2D eigenvalue weighted by Crippen LogP contribution is 3.03. The van der Waals surface area contributed by atoms with Crippen LogP contribution in [-0.4, -0.2) is 39.1 Å². The van der Waals surface area contributed by atoms with Crippen molar-refractivity contribution in [1.29, 1.82) is 0 Å². The molecule has 4 fully saturated rings. The van der Waals surface area contributed by atoms with Crippen LogP contribution in [0.2, 0.25) is 0 Å². The Bertz CT molecular complexity index is 1260. The number of hydrogen-bond acceptors (Lipinski definition) is 6. The molecule has 33 heavy (non-hydrogen) atoms. The van der Waals surface area contributed by atoms with Crippen LogP contribution in [0.4, 0.5) is 0 Å². The third-order valence-electron chi connectivity index (χ3n) is 9.45. The Morgan fingerprint density at radius 3 is 1.76 bits per heavy atom. The van der Waals surface area contributed by atoms with E-state index >= 15 is 0 Å². The molecule has 2 unspecified atom stereocenters. The average molecular weight is 451 g/mol. The van der Waals surface area contributed by atoms with Gasteiger partial charge in [-0.3, -0.25) is 9.59 Å². The van der Waals surface area contributed by atoms with Gasteiger partial charge in [-0.1, -0.05) is 18.2 Å². The monoisotopic (exact) mass is 451 g/mol. The largest absolute Gasteiger partial charge is 0.466 e. The van der Waals surface area contributed by atoms with Crippen LogP contribution in [0.25, 0.3) is 5.69 Å². The molecule has 6 aliphatic rings. The Morgan fingerprint density at radius 1 is 0.818 bits per heavy atom. The summed E-state index contributed by atoms with van der Waals surface area (Å²) < 4.78 is 15.4. The molecule has 8 atom stereocenters. The summed E-state index contributed by atoms with van der Waals surface area (Å²) in [6.07, 6.45) is 1.32. The summed E-state index contributed by atoms with van der Waals surface area (Å²) in [5.41, 5.74) is -0.414. The van der Waals surface area contributed by atoms with E-state index in [1.807, 2.05) is 18.2 Å². The van der Waals surface area contributed by atoms with Crippen molar-refractivity contribution in [3.63, 3.8) is 0 Å². The van der Waals surface area contributed by atoms with E-state index in [2.05, 4.69) is 0 Å². The van der Waals surface area contributed by atoms with Gasteiger partial charge in [-0.15, -0.1) is 0 Å². The second-order valence-electron chi connectivity index (χ2n) is 10.3. The number of para-hydroxylation sites is 1. The van der Waals surface area contributed by atoms with Gasteiger partial charge in [0.15, 0.2) is 0 Å². The molecule has 1 aromatic carbocycles. The van der Waals surface area contributed by atoms with Gasteiger partial charge >= 0.3 is 23.3 Å². The van der Waals surface area contributed by atoms with Crippen LogP contribution in [-0.2, 0) is 19.1 Å². The Kier molecular flexibility index (Phi) is 3.45. The van der Waals surface area contributed by atoms with E-state index in [0.29, 0.717) is 55.4 Å². The zero-order valence-corrected chi connectivity index (χ0v) is 18.5. The SMILES string of the molecule is CC(=O)OCC[C@]12C3C4[C@@H]5[C@H]4[C@@H](n4c(=O)n(-c6ccccc6)c(=O)n4[C@@H]51)[C@@]32CCOC(C)=O. The van der Waals surface area contributed by atoms with E-state index in [4.69, 9.17) is 9.47 Å². The van der Waals surface area contributed by atoms with Crippen molar-refractivity contribution in [2.24, 2.45) is 34.5 Å². The first kappa shape index (κ1) is 19.4. The van der Waals surface area contributed by atoms with Crippen molar-refractivity contribution in [2.75, 3.05) is 13.2 Å².